The van der Waals surface area contributed by atoms with E-state index in [1.54, 1.807) is 0 Å². The summed E-state index contributed by atoms with van der Waals surface area (Å²) in [4.78, 5) is 2.29. The van der Waals surface area contributed by atoms with Gasteiger partial charge in [0.15, 0.2) is 0 Å². The van der Waals surface area contributed by atoms with Gasteiger partial charge in [0.25, 0.3) is 0 Å². The molecule has 1 aliphatic rings. The van der Waals surface area contributed by atoms with E-state index in [-0.39, 0.29) is 12.6 Å². The Labute approximate surface area is 114 Å². The van der Waals surface area contributed by atoms with Gasteiger partial charge in [-0.3, -0.25) is 0 Å². The second-order valence-electron chi connectivity index (χ2n) is 5.06. The van der Waals surface area contributed by atoms with Crippen LogP contribution in [0.25, 0.3) is 0 Å². The Hall–Kier alpha value is -0.770. The van der Waals surface area contributed by atoms with Gasteiger partial charge < -0.3 is 15.3 Å². The fourth-order valence-corrected chi connectivity index (χ4v) is 2.71. The second-order valence-corrected chi connectivity index (χ2v) is 5.50. The quantitative estimate of drug-likeness (QED) is 0.863. The molecule has 18 heavy (non-hydrogen) atoms. The van der Waals surface area contributed by atoms with Crippen molar-refractivity contribution in [3.63, 3.8) is 0 Å². The summed E-state index contributed by atoms with van der Waals surface area (Å²) in [6, 6.07) is 6.58. The van der Waals surface area contributed by atoms with Crippen molar-refractivity contribution >= 4 is 17.3 Å². The second kappa shape index (κ2) is 5.91. The standard InChI is InChI=1S/C14H21ClN2O/c1-10-7-12(15)3-4-14(10)17-6-5-11(2)16-8-13(17)9-18/h3-4,7,11,13,16,18H,5-6,8-9H2,1-2H3. The highest BCUT2D eigenvalue weighted by atomic mass is 35.5. The third-order valence-electron chi connectivity index (χ3n) is 3.62. The van der Waals surface area contributed by atoms with Crippen molar-refractivity contribution in [1.82, 2.24) is 5.32 Å². The van der Waals surface area contributed by atoms with E-state index >= 15 is 0 Å². The van der Waals surface area contributed by atoms with Crippen LogP contribution in [0.15, 0.2) is 18.2 Å². The first kappa shape index (κ1) is 13.7. The molecule has 2 atom stereocenters. The smallest absolute Gasteiger partial charge is 0.0647 e. The number of aryl methyl sites for hydroxylation is 1. The molecule has 0 amide bonds. The molecule has 0 bridgehead atoms. The average Bonchev–Trinajstić information content (AvgIpc) is 2.51. The molecule has 1 heterocycles. The SMILES string of the molecule is Cc1cc(Cl)ccc1N1CCC(C)NCC1CO. The maximum atomic E-state index is 9.57. The molecular formula is C14H21ClN2O. The van der Waals surface area contributed by atoms with Gasteiger partial charge in [-0.05, 0) is 44.0 Å². The van der Waals surface area contributed by atoms with Gasteiger partial charge in [0.2, 0.25) is 0 Å². The molecule has 2 rings (SSSR count). The Morgan fingerprint density at radius 1 is 1.50 bits per heavy atom. The predicted molar refractivity (Wildman–Crippen MR) is 76.5 cm³/mol. The zero-order chi connectivity index (χ0) is 13.1. The van der Waals surface area contributed by atoms with Crippen molar-refractivity contribution in [3.8, 4) is 0 Å². The van der Waals surface area contributed by atoms with E-state index in [0.717, 1.165) is 30.1 Å². The number of benzene rings is 1. The molecule has 1 aromatic rings. The molecular weight excluding hydrogens is 248 g/mol. The highest BCUT2D eigenvalue weighted by molar-refractivity contribution is 6.30. The molecule has 100 valence electrons. The van der Waals surface area contributed by atoms with Crippen LogP contribution in [0.5, 0.6) is 0 Å². The van der Waals surface area contributed by atoms with Crippen molar-refractivity contribution in [2.45, 2.75) is 32.4 Å². The molecule has 0 aromatic heterocycles. The zero-order valence-corrected chi connectivity index (χ0v) is 11.7. The van der Waals surface area contributed by atoms with E-state index < -0.39 is 0 Å². The Bertz CT molecular complexity index is 411. The van der Waals surface area contributed by atoms with Crippen LogP contribution in [-0.2, 0) is 0 Å². The van der Waals surface area contributed by atoms with Crippen molar-refractivity contribution in [3.05, 3.63) is 28.8 Å². The first-order valence-electron chi connectivity index (χ1n) is 6.49. The number of anilines is 1. The van der Waals surface area contributed by atoms with Crippen LogP contribution in [0.4, 0.5) is 5.69 Å². The minimum absolute atomic E-state index is 0.134. The fraction of sp³-hybridized carbons (Fsp3) is 0.571. The summed E-state index contributed by atoms with van der Waals surface area (Å²) in [6.07, 6.45) is 1.08. The molecule has 2 unspecified atom stereocenters. The highest BCUT2D eigenvalue weighted by Crippen LogP contribution is 2.26. The van der Waals surface area contributed by atoms with Crippen molar-refractivity contribution < 1.29 is 5.11 Å². The molecule has 1 aromatic carbocycles. The van der Waals surface area contributed by atoms with E-state index in [0.29, 0.717) is 6.04 Å². The minimum Gasteiger partial charge on any atom is -0.394 e. The molecule has 3 nitrogen and oxygen atoms in total. The number of hydrogen-bond donors (Lipinski definition) is 2. The third kappa shape index (κ3) is 2.97. The Kier molecular flexibility index (Phi) is 4.49. The first-order chi connectivity index (χ1) is 8.61. The van der Waals surface area contributed by atoms with Crippen LogP contribution >= 0.6 is 11.6 Å². The lowest BCUT2D eigenvalue weighted by molar-refractivity contribution is 0.259. The number of aliphatic hydroxyl groups excluding tert-OH is 1. The fourth-order valence-electron chi connectivity index (χ4n) is 2.49. The molecule has 1 fully saturated rings. The lowest BCUT2D eigenvalue weighted by Crippen LogP contribution is -2.43. The van der Waals surface area contributed by atoms with Gasteiger partial charge >= 0.3 is 0 Å². The molecule has 2 N–H and O–H groups in total. The van der Waals surface area contributed by atoms with Crippen molar-refractivity contribution in [2.75, 3.05) is 24.6 Å². The summed E-state index contributed by atoms with van der Waals surface area (Å²) < 4.78 is 0. The molecule has 4 heteroatoms. The van der Waals surface area contributed by atoms with Gasteiger partial charge in [0.05, 0.1) is 12.6 Å². The van der Waals surface area contributed by atoms with E-state index in [9.17, 15) is 5.11 Å². The van der Waals surface area contributed by atoms with Gasteiger partial charge in [-0.1, -0.05) is 11.6 Å². The topological polar surface area (TPSA) is 35.5 Å². The van der Waals surface area contributed by atoms with Crippen LogP contribution in [0.2, 0.25) is 5.02 Å². The molecule has 0 spiro atoms. The first-order valence-corrected chi connectivity index (χ1v) is 6.86. The van der Waals surface area contributed by atoms with Crippen LogP contribution in [-0.4, -0.2) is 36.9 Å². The van der Waals surface area contributed by atoms with Gasteiger partial charge in [0, 0.05) is 29.8 Å². The lowest BCUT2D eigenvalue weighted by atomic mass is 10.1. The predicted octanol–water partition coefficient (Wildman–Crippen LogP) is 2.20. The Balaban J connectivity index is 2.27. The van der Waals surface area contributed by atoms with E-state index in [2.05, 4.69) is 30.1 Å². The van der Waals surface area contributed by atoms with Crippen LogP contribution in [0.3, 0.4) is 0 Å². The van der Waals surface area contributed by atoms with Gasteiger partial charge in [0.1, 0.15) is 0 Å². The van der Waals surface area contributed by atoms with E-state index in [1.165, 1.54) is 5.69 Å². The number of halogens is 1. The van der Waals surface area contributed by atoms with Gasteiger partial charge in [-0.15, -0.1) is 0 Å². The molecule has 0 aliphatic carbocycles. The zero-order valence-electron chi connectivity index (χ0n) is 11.0. The highest BCUT2D eigenvalue weighted by Gasteiger charge is 2.23. The van der Waals surface area contributed by atoms with Crippen molar-refractivity contribution in [1.29, 1.82) is 0 Å². The summed E-state index contributed by atoms with van der Waals surface area (Å²) in [5.74, 6) is 0. The van der Waals surface area contributed by atoms with E-state index in [4.69, 9.17) is 11.6 Å². The lowest BCUT2D eigenvalue weighted by Gasteiger charge is -2.31. The van der Waals surface area contributed by atoms with Crippen LogP contribution < -0.4 is 10.2 Å². The summed E-state index contributed by atoms with van der Waals surface area (Å²) in [5.41, 5.74) is 2.34. The van der Waals surface area contributed by atoms with Crippen molar-refractivity contribution in [2.24, 2.45) is 0 Å². The molecule has 0 radical (unpaired) electrons. The Morgan fingerprint density at radius 3 is 2.94 bits per heavy atom. The normalized spacial score (nSPS) is 25.0. The summed E-state index contributed by atoms with van der Waals surface area (Å²) in [6.45, 7) is 6.20. The monoisotopic (exact) mass is 268 g/mol. The number of nitrogens with one attached hydrogen (secondary N) is 1. The molecule has 1 saturated heterocycles. The molecule has 1 aliphatic heterocycles. The summed E-state index contributed by atoms with van der Waals surface area (Å²) in [5, 5.41) is 13.8. The largest absolute Gasteiger partial charge is 0.394 e. The van der Waals surface area contributed by atoms with Gasteiger partial charge in [-0.25, -0.2) is 0 Å². The molecule has 0 saturated carbocycles. The van der Waals surface area contributed by atoms with Gasteiger partial charge in [-0.2, -0.15) is 0 Å². The average molecular weight is 269 g/mol. The number of aliphatic hydroxyl groups is 1. The summed E-state index contributed by atoms with van der Waals surface area (Å²) >= 11 is 6.00. The minimum atomic E-state index is 0.134. The Morgan fingerprint density at radius 2 is 2.28 bits per heavy atom. The van der Waals surface area contributed by atoms with Crippen LogP contribution in [0, 0.1) is 6.92 Å². The van der Waals surface area contributed by atoms with E-state index in [1.807, 2.05) is 12.1 Å². The number of rotatable bonds is 2. The summed E-state index contributed by atoms with van der Waals surface area (Å²) in [7, 11) is 0. The third-order valence-corrected chi connectivity index (χ3v) is 3.86. The number of nitrogens with zero attached hydrogens (tertiary/aromatic N) is 1. The maximum Gasteiger partial charge on any atom is 0.0647 e. The van der Waals surface area contributed by atoms with Crippen LogP contribution in [0.1, 0.15) is 18.9 Å². The maximum absolute atomic E-state index is 9.57. The number of hydrogen-bond acceptors (Lipinski definition) is 3.